The highest BCUT2D eigenvalue weighted by molar-refractivity contribution is 9.11. The van der Waals surface area contributed by atoms with Crippen molar-refractivity contribution in [3.8, 4) is 5.82 Å². The maximum absolute atomic E-state index is 4.20. The topological polar surface area (TPSA) is 30.7 Å². The minimum absolute atomic E-state index is 0.734. The highest BCUT2D eigenvalue weighted by Gasteiger charge is 2.04. The van der Waals surface area contributed by atoms with Crippen LogP contribution in [-0.2, 0) is 0 Å². The Balaban J connectivity index is 2.53. The molecule has 2 aromatic rings. The van der Waals surface area contributed by atoms with Gasteiger partial charge in [-0.25, -0.2) is 9.97 Å². The summed E-state index contributed by atoms with van der Waals surface area (Å²) >= 11 is 6.63. The number of imidazole rings is 1. The van der Waals surface area contributed by atoms with Crippen molar-refractivity contribution in [1.29, 1.82) is 0 Å². The second-order valence-corrected chi connectivity index (χ2v) is 3.91. The van der Waals surface area contributed by atoms with Gasteiger partial charge in [-0.15, -0.1) is 0 Å². The van der Waals surface area contributed by atoms with E-state index in [0.717, 1.165) is 15.2 Å². The summed E-state index contributed by atoms with van der Waals surface area (Å²) in [6, 6.07) is 5.73. The average molecular weight is 303 g/mol. The van der Waals surface area contributed by atoms with Crippen molar-refractivity contribution < 1.29 is 0 Å². The van der Waals surface area contributed by atoms with E-state index in [1.165, 1.54) is 0 Å². The molecule has 0 radical (unpaired) electrons. The van der Waals surface area contributed by atoms with Crippen molar-refractivity contribution >= 4 is 31.9 Å². The van der Waals surface area contributed by atoms with Gasteiger partial charge in [0.2, 0.25) is 0 Å². The lowest BCUT2D eigenvalue weighted by Crippen LogP contribution is -1.94. The number of hydrogen-bond acceptors (Lipinski definition) is 2. The lowest BCUT2D eigenvalue weighted by molar-refractivity contribution is 0.961. The third-order valence-electron chi connectivity index (χ3n) is 1.53. The average Bonchev–Trinajstić information content (AvgIpc) is 2.47. The van der Waals surface area contributed by atoms with Crippen LogP contribution in [0.2, 0.25) is 0 Å². The van der Waals surface area contributed by atoms with E-state index in [0.29, 0.717) is 0 Å². The van der Waals surface area contributed by atoms with Gasteiger partial charge in [-0.3, -0.25) is 4.57 Å². The van der Waals surface area contributed by atoms with Crippen molar-refractivity contribution in [2.24, 2.45) is 0 Å². The Morgan fingerprint density at radius 3 is 2.62 bits per heavy atom. The fraction of sp³-hybridized carbons (Fsp3) is 0. The second kappa shape index (κ2) is 3.59. The Morgan fingerprint density at radius 2 is 2.08 bits per heavy atom. The van der Waals surface area contributed by atoms with E-state index in [-0.39, 0.29) is 0 Å². The van der Waals surface area contributed by atoms with E-state index in [4.69, 9.17) is 0 Å². The Hall–Kier alpha value is -0.680. The van der Waals surface area contributed by atoms with Crippen molar-refractivity contribution in [1.82, 2.24) is 14.5 Å². The van der Waals surface area contributed by atoms with Gasteiger partial charge >= 0.3 is 0 Å². The Kier molecular flexibility index (Phi) is 2.46. The zero-order valence-corrected chi connectivity index (χ0v) is 9.66. The first-order valence-electron chi connectivity index (χ1n) is 3.59. The summed E-state index contributed by atoms with van der Waals surface area (Å²) in [4.78, 5) is 8.34. The van der Waals surface area contributed by atoms with Crippen molar-refractivity contribution in [3.63, 3.8) is 0 Å². The van der Waals surface area contributed by atoms with Gasteiger partial charge in [-0.05, 0) is 44.0 Å². The normalized spacial score (nSPS) is 10.3. The van der Waals surface area contributed by atoms with Crippen molar-refractivity contribution in [3.05, 3.63) is 39.9 Å². The van der Waals surface area contributed by atoms with Gasteiger partial charge in [0.15, 0.2) is 4.73 Å². The van der Waals surface area contributed by atoms with E-state index in [1.54, 1.807) is 6.20 Å². The molecule has 0 aromatic carbocycles. The van der Waals surface area contributed by atoms with Crippen LogP contribution in [0, 0.1) is 0 Å². The van der Waals surface area contributed by atoms with E-state index < -0.39 is 0 Å². The molecule has 0 fully saturated rings. The van der Waals surface area contributed by atoms with E-state index >= 15 is 0 Å². The maximum Gasteiger partial charge on any atom is 0.184 e. The molecule has 0 aliphatic carbocycles. The smallest absolute Gasteiger partial charge is 0.184 e. The summed E-state index contributed by atoms with van der Waals surface area (Å²) in [5, 5.41) is 0. The van der Waals surface area contributed by atoms with Crippen LogP contribution in [0.3, 0.4) is 0 Å². The van der Waals surface area contributed by atoms with E-state index in [9.17, 15) is 0 Å². The van der Waals surface area contributed by atoms with E-state index in [1.807, 2.05) is 29.0 Å². The van der Waals surface area contributed by atoms with Gasteiger partial charge in [0.25, 0.3) is 0 Å². The largest absolute Gasteiger partial charge is 0.277 e. The monoisotopic (exact) mass is 301 g/mol. The third kappa shape index (κ3) is 1.81. The third-order valence-corrected chi connectivity index (χ3v) is 2.47. The zero-order chi connectivity index (χ0) is 9.26. The standard InChI is InChI=1S/C8H5Br2N3/c9-6-5-13(8(10)12-6)7-3-1-2-4-11-7/h1-5H. The quantitative estimate of drug-likeness (QED) is 0.811. The number of rotatable bonds is 1. The SMILES string of the molecule is Brc1cn(-c2ccccn2)c(Br)n1. The highest BCUT2D eigenvalue weighted by Crippen LogP contribution is 2.18. The highest BCUT2D eigenvalue weighted by atomic mass is 79.9. The van der Waals surface area contributed by atoms with Gasteiger partial charge in [-0.2, -0.15) is 0 Å². The van der Waals surface area contributed by atoms with Crippen LogP contribution >= 0.6 is 31.9 Å². The molecule has 2 rings (SSSR count). The summed E-state index contributed by atoms with van der Waals surface area (Å²) in [6.07, 6.45) is 3.60. The minimum atomic E-state index is 0.734. The van der Waals surface area contributed by atoms with Crippen LogP contribution in [-0.4, -0.2) is 14.5 Å². The van der Waals surface area contributed by atoms with E-state index in [2.05, 4.69) is 41.8 Å². The molecular formula is C8H5Br2N3. The Morgan fingerprint density at radius 1 is 1.23 bits per heavy atom. The molecule has 0 N–H and O–H groups in total. The number of nitrogens with zero attached hydrogens (tertiary/aromatic N) is 3. The summed E-state index contributed by atoms with van der Waals surface area (Å²) in [5.41, 5.74) is 0. The first-order chi connectivity index (χ1) is 6.27. The first kappa shape index (κ1) is 8.90. The summed E-state index contributed by atoms with van der Waals surface area (Å²) < 4.78 is 3.37. The molecule has 0 unspecified atom stereocenters. The molecule has 0 aliphatic heterocycles. The van der Waals surface area contributed by atoms with Gasteiger partial charge in [-0.1, -0.05) is 6.07 Å². The van der Waals surface area contributed by atoms with Gasteiger partial charge in [0.1, 0.15) is 10.4 Å². The van der Waals surface area contributed by atoms with Crippen LogP contribution in [0.1, 0.15) is 0 Å². The Bertz CT molecular complexity index is 411. The summed E-state index contributed by atoms with van der Waals surface area (Å²) in [6.45, 7) is 0. The molecule has 0 saturated heterocycles. The van der Waals surface area contributed by atoms with Gasteiger partial charge < -0.3 is 0 Å². The first-order valence-corrected chi connectivity index (χ1v) is 5.18. The van der Waals surface area contributed by atoms with Crippen LogP contribution in [0.4, 0.5) is 0 Å². The minimum Gasteiger partial charge on any atom is -0.277 e. The molecule has 5 heteroatoms. The molecule has 0 atom stereocenters. The molecule has 0 saturated carbocycles. The molecule has 0 spiro atoms. The molecule has 0 aliphatic rings. The summed E-state index contributed by atoms with van der Waals surface area (Å²) in [5.74, 6) is 0.840. The second-order valence-electron chi connectivity index (χ2n) is 2.39. The summed E-state index contributed by atoms with van der Waals surface area (Å²) in [7, 11) is 0. The van der Waals surface area contributed by atoms with Crippen LogP contribution in [0.15, 0.2) is 39.9 Å². The molecule has 13 heavy (non-hydrogen) atoms. The molecule has 2 aromatic heterocycles. The zero-order valence-electron chi connectivity index (χ0n) is 6.48. The predicted octanol–water partition coefficient (Wildman–Crippen LogP) is 2.79. The molecule has 3 nitrogen and oxygen atoms in total. The van der Waals surface area contributed by atoms with Crippen LogP contribution < -0.4 is 0 Å². The van der Waals surface area contributed by atoms with Crippen LogP contribution in [0.25, 0.3) is 5.82 Å². The lowest BCUT2D eigenvalue weighted by Gasteiger charge is -2.00. The number of pyridine rings is 1. The predicted molar refractivity (Wildman–Crippen MR) is 56.8 cm³/mol. The molecular weight excluding hydrogens is 298 g/mol. The number of aromatic nitrogens is 3. The Labute approximate surface area is 92.1 Å². The number of halogens is 2. The molecule has 66 valence electrons. The van der Waals surface area contributed by atoms with Gasteiger partial charge in [0.05, 0.1) is 0 Å². The fourth-order valence-electron chi connectivity index (χ4n) is 0.988. The molecule has 0 bridgehead atoms. The molecule has 2 heterocycles. The van der Waals surface area contributed by atoms with Crippen molar-refractivity contribution in [2.75, 3.05) is 0 Å². The molecule has 0 amide bonds. The maximum atomic E-state index is 4.20. The fourth-order valence-corrected chi connectivity index (χ4v) is 2.07. The van der Waals surface area contributed by atoms with Gasteiger partial charge in [0, 0.05) is 12.4 Å². The van der Waals surface area contributed by atoms with Crippen molar-refractivity contribution in [2.45, 2.75) is 0 Å². The number of hydrogen-bond donors (Lipinski definition) is 0. The van der Waals surface area contributed by atoms with Crippen LogP contribution in [0.5, 0.6) is 0 Å². The lowest BCUT2D eigenvalue weighted by atomic mass is 10.5.